The fourth-order valence-corrected chi connectivity index (χ4v) is 6.35. The van der Waals surface area contributed by atoms with Crippen molar-refractivity contribution in [1.82, 2.24) is 4.98 Å². The van der Waals surface area contributed by atoms with Gasteiger partial charge in [0.1, 0.15) is 16.0 Å². The third kappa shape index (κ3) is 6.92. The first-order valence-electron chi connectivity index (χ1n) is 11.8. The van der Waals surface area contributed by atoms with Gasteiger partial charge >= 0.3 is 0 Å². The molecule has 0 fully saturated rings. The first-order valence-corrected chi connectivity index (χ1v) is 15.3. The van der Waals surface area contributed by atoms with Gasteiger partial charge in [0.05, 0.1) is 12.8 Å². The van der Waals surface area contributed by atoms with Crippen LogP contribution in [0, 0.1) is 6.92 Å². The molecule has 0 aliphatic carbocycles. The zero-order chi connectivity index (χ0) is 26.2. The number of hydrogen-bond acceptors (Lipinski definition) is 6. The molecule has 0 saturated carbocycles. The Morgan fingerprint density at radius 1 is 0.919 bits per heavy atom. The molecule has 0 aliphatic rings. The zero-order valence-electron chi connectivity index (χ0n) is 21.4. The van der Waals surface area contributed by atoms with Crippen LogP contribution < -0.4 is 10.1 Å². The maximum atomic E-state index is 13.8. The van der Waals surface area contributed by atoms with Crippen molar-refractivity contribution in [1.29, 1.82) is 0 Å². The highest BCUT2D eigenvalue weighted by Gasteiger charge is 2.24. The van der Waals surface area contributed by atoms with Crippen LogP contribution >= 0.6 is 35.3 Å². The zero-order valence-corrected chi connectivity index (χ0v) is 23.8. The van der Waals surface area contributed by atoms with Gasteiger partial charge in [-0.05, 0) is 59.9 Å². The van der Waals surface area contributed by atoms with Crippen molar-refractivity contribution >= 4 is 46.9 Å². The summed E-state index contributed by atoms with van der Waals surface area (Å²) in [7, 11) is 1.66. The Labute approximate surface area is 232 Å². The van der Waals surface area contributed by atoms with Crippen molar-refractivity contribution < 1.29 is 9.53 Å². The van der Waals surface area contributed by atoms with Crippen LogP contribution in [0.4, 0.5) is 5.69 Å². The molecular formula is C30H30N2O2S3. The van der Waals surface area contributed by atoms with E-state index in [2.05, 4.69) is 46.7 Å². The number of amides is 1. The molecule has 7 heteroatoms. The van der Waals surface area contributed by atoms with E-state index in [0.717, 1.165) is 49.3 Å². The molecule has 3 aromatic carbocycles. The summed E-state index contributed by atoms with van der Waals surface area (Å²) in [6.07, 6.45) is 4.01. The van der Waals surface area contributed by atoms with Crippen LogP contribution in [-0.4, -0.2) is 30.5 Å². The maximum absolute atomic E-state index is 13.8. The Balaban J connectivity index is 1.63. The molecule has 1 heterocycles. The predicted octanol–water partition coefficient (Wildman–Crippen LogP) is 8.12. The molecular weight excluding hydrogens is 517 g/mol. The summed E-state index contributed by atoms with van der Waals surface area (Å²) in [5.74, 6) is 1.46. The van der Waals surface area contributed by atoms with Crippen LogP contribution in [0.2, 0.25) is 0 Å². The molecule has 37 heavy (non-hydrogen) atoms. The van der Waals surface area contributed by atoms with E-state index in [1.165, 1.54) is 0 Å². The van der Waals surface area contributed by atoms with Crippen molar-refractivity contribution in [3.05, 3.63) is 102 Å². The van der Waals surface area contributed by atoms with Gasteiger partial charge in [0.25, 0.3) is 0 Å². The van der Waals surface area contributed by atoms with Gasteiger partial charge in [-0.3, -0.25) is 4.79 Å². The summed E-state index contributed by atoms with van der Waals surface area (Å²) in [4.78, 5) is 19.5. The number of thioether (sulfide) groups is 3. The Kier molecular flexibility index (Phi) is 9.61. The number of rotatable bonds is 10. The molecule has 4 nitrogen and oxygen atoms in total. The number of aryl methyl sites for hydroxylation is 1. The van der Waals surface area contributed by atoms with Gasteiger partial charge in [-0.1, -0.05) is 66.7 Å². The van der Waals surface area contributed by atoms with Gasteiger partial charge in [-0.2, -0.15) is 0 Å². The first-order chi connectivity index (χ1) is 18.0. The fourth-order valence-electron chi connectivity index (χ4n) is 3.93. The van der Waals surface area contributed by atoms with Crippen molar-refractivity contribution in [2.24, 2.45) is 0 Å². The number of carbonyl (C=O) groups is 1. The second-order valence-corrected chi connectivity index (χ2v) is 11.1. The number of nitrogens with one attached hydrogen (secondary N) is 1. The number of hydrogen-bond donors (Lipinski definition) is 1. The van der Waals surface area contributed by atoms with Gasteiger partial charge in [0.15, 0.2) is 0 Å². The Bertz CT molecular complexity index is 1300. The van der Waals surface area contributed by atoms with E-state index in [1.54, 1.807) is 42.4 Å². The Morgan fingerprint density at radius 2 is 1.59 bits per heavy atom. The number of nitrogens with zero attached hydrogens (tertiary/aromatic N) is 1. The van der Waals surface area contributed by atoms with E-state index in [-0.39, 0.29) is 5.91 Å². The van der Waals surface area contributed by atoms with Crippen LogP contribution in [0.3, 0.4) is 0 Å². The van der Waals surface area contributed by atoms with Gasteiger partial charge < -0.3 is 10.1 Å². The third-order valence-corrected chi connectivity index (χ3v) is 8.64. The number of methoxy groups -OCH3 is 1. The summed E-state index contributed by atoms with van der Waals surface area (Å²) < 4.78 is 5.29. The number of benzene rings is 3. The van der Waals surface area contributed by atoms with Crippen molar-refractivity contribution in [3.63, 3.8) is 0 Å². The second kappa shape index (κ2) is 13.1. The van der Waals surface area contributed by atoms with E-state index >= 15 is 0 Å². The molecule has 1 N–H and O–H groups in total. The molecule has 190 valence electrons. The van der Waals surface area contributed by atoms with Crippen molar-refractivity contribution in [3.8, 4) is 16.9 Å². The molecule has 1 amide bonds. The minimum atomic E-state index is -0.391. The summed E-state index contributed by atoms with van der Waals surface area (Å²) in [5.41, 5.74) is 6.10. The average molecular weight is 547 g/mol. The molecule has 0 bridgehead atoms. The first kappa shape index (κ1) is 27.2. The van der Waals surface area contributed by atoms with Crippen LogP contribution in [0.25, 0.3) is 11.1 Å². The lowest BCUT2D eigenvalue weighted by molar-refractivity contribution is -0.115. The van der Waals surface area contributed by atoms with E-state index in [4.69, 9.17) is 4.74 Å². The summed E-state index contributed by atoms with van der Waals surface area (Å²) in [5, 5.41) is 3.66. The fraction of sp³-hybridized carbons (Fsp3) is 0.200. The summed E-state index contributed by atoms with van der Waals surface area (Å²) in [6.45, 7) is 1.98. The highest BCUT2D eigenvalue weighted by molar-refractivity contribution is 8.00. The third-order valence-electron chi connectivity index (χ3n) is 5.87. The van der Waals surface area contributed by atoms with Gasteiger partial charge in [0, 0.05) is 16.3 Å². The van der Waals surface area contributed by atoms with Crippen LogP contribution in [0.5, 0.6) is 5.75 Å². The lowest BCUT2D eigenvalue weighted by Gasteiger charge is -2.20. The van der Waals surface area contributed by atoms with Crippen LogP contribution in [0.1, 0.15) is 22.1 Å². The van der Waals surface area contributed by atoms with E-state index < -0.39 is 5.25 Å². The number of pyridine rings is 1. The van der Waals surface area contributed by atoms with E-state index in [0.29, 0.717) is 5.75 Å². The van der Waals surface area contributed by atoms with Gasteiger partial charge in [-0.25, -0.2) is 4.98 Å². The highest BCUT2D eigenvalue weighted by Crippen LogP contribution is 2.38. The minimum absolute atomic E-state index is 0.0535. The van der Waals surface area contributed by atoms with E-state index in [9.17, 15) is 4.79 Å². The monoisotopic (exact) mass is 546 g/mol. The number of anilines is 1. The predicted molar refractivity (Wildman–Crippen MR) is 160 cm³/mol. The minimum Gasteiger partial charge on any atom is -0.497 e. The van der Waals surface area contributed by atoms with E-state index in [1.807, 2.05) is 68.0 Å². The van der Waals surface area contributed by atoms with Crippen LogP contribution in [0.15, 0.2) is 94.9 Å². The summed E-state index contributed by atoms with van der Waals surface area (Å²) >= 11 is 4.77. The molecule has 0 radical (unpaired) electrons. The topological polar surface area (TPSA) is 51.2 Å². The highest BCUT2D eigenvalue weighted by atomic mass is 32.2. The molecule has 4 aromatic rings. The number of aromatic nitrogens is 1. The molecule has 4 rings (SSSR count). The second-order valence-electron chi connectivity index (χ2n) is 8.37. The number of carbonyl (C=O) groups excluding carboxylic acids is 1. The molecule has 0 aliphatic heterocycles. The molecule has 1 atom stereocenters. The molecule has 1 unspecified atom stereocenters. The summed E-state index contributed by atoms with van der Waals surface area (Å²) in [6, 6.07) is 28.6. The van der Waals surface area contributed by atoms with Crippen molar-refractivity contribution in [2.45, 2.75) is 27.8 Å². The molecule has 1 aromatic heterocycles. The Hall–Kier alpha value is -2.87. The average Bonchev–Trinajstić information content (AvgIpc) is 2.95. The van der Waals surface area contributed by atoms with Gasteiger partial charge in [0.2, 0.25) is 5.91 Å². The lowest BCUT2D eigenvalue weighted by atomic mass is 10.0. The van der Waals surface area contributed by atoms with Crippen molar-refractivity contribution in [2.75, 3.05) is 24.9 Å². The lowest BCUT2D eigenvalue weighted by Crippen LogP contribution is -2.20. The normalized spacial score (nSPS) is 11.7. The molecule has 0 spiro atoms. The quantitative estimate of drug-likeness (QED) is 0.203. The standard InChI is InChI=1S/C30H30N2O2S3/c1-20-18-26(35-3)27(30(31-20)36-4)32-29(33)28(37-19-21-10-16-25(34-2)17-11-21)24-14-12-23(13-15-24)22-8-6-5-7-9-22/h5-18,28H,19H2,1-4H3,(H,32,33). The largest absolute Gasteiger partial charge is 0.497 e. The Morgan fingerprint density at radius 3 is 2.22 bits per heavy atom. The van der Waals surface area contributed by atoms with Gasteiger partial charge in [-0.15, -0.1) is 35.3 Å². The smallest absolute Gasteiger partial charge is 0.242 e. The SMILES string of the molecule is COc1ccc(CSC(C(=O)Nc2c(SC)cc(C)nc2SC)c2ccc(-c3ccccc3)cc2)cc1. The molecule has 0 saturated heterocycles. The number of ether oxygens (including phenoxy) is 1. The maximum Gasteiger partial charge on any atom is 0.242 e. The van der Waals surface area contributed by atoms with Crippen LogP contribution in [-0.2, 0) is 10.5 Å².